The average molecular weight is 252 g/mol. The maximum atomic E-state index is 5.65. The Morgan fingerprint density at radius 2 is 2.33 bits per heavy atom. The second kappa shape index (κ2) is 6.92. The molecule has 1 aromatic heterocycles. The first-order valence-electron chi connectivity index (χ1n) is 6.75. The highest BCUT2D eigenvalue weighted by atomic mass is 16.5. The fourth-order valence-electron chi connectivity index (χ4n) is 1.95. The zero-order valence-corrected chi connectivity index (χ0v) is 11.4. The van der Waals surface area contributed by atoms with Crippen molar-refractivity contribution >= 4 is 0 Å². The molecule has 0 spiro atoms. The summed E-state index contributed by atoms with van der Waals surface area (Å²) >= 11 is 0. The molecule has 0 unspecified atom stereocenters. The smallest absolute Gasteiger partial charge is 0.122 e. The van der Waals surface area contributed by atoms with Crippen LogP contribution in [-0.2, 0) is 17.8 Å². The number of nitrogens with one attached hydrogen (secondary N) is 1. The lowest BCUT2D eigenvalue weighted by Crippen LogP contribution is -2.23. The van der Waals surface area contributed by atoms with Crippen molar-refractivity contribution in [3.05, 3.63) is 23.7 Å². The molecular formula is C14H24N2O2. The Morgan fingerprint density at radius 3 is 3.06 bits per heavy atom. The molecular weight excluding hydrogens is 228 g/mol. The number of nitrogens with zero attached hydrogens (tertiary/aromatic N) is 1. The van der Waals surface area contributed by atoms with Gasteiger partial charge in [0, 0.05) is 25.3 Å². The first-order chi connectivity index (χ1) is 8.79. The molecule has 1 aliphatic carbocycles. The lowest BCUT2D eigenvalue weighted by Gasteiger charge is -2.16. The molecule has 1 saturated carbocycles. The van der Waals surface area contributed by atoms with Crippen LogP contribution in [0, 0.1) is 5.92 Å². The maximum Gasteiger partial charge on any atom is 0.122 e. The monoisotopic (exact) mass is 252 g/mol. The largest absolute Gasteiger partial charge is 0.468 e. The molecule has 0 amide bonds. The van der Waals surface area contributed by atoms with Crippen LogP contribution >= 0.6 is 0 Å². The van der Waals surface area contributed by atoms with E-state index in [-0.39, 0.29) is 0 Å². The number of hydrogen-bond donors (Lipinski definition) is 1. The Kier molecular flexibility index (Phi) is 5.23. The molecule has 4 heteroatoms. The third kappa shape index (κ3) is 4.44. The molecule has 0 aliphatic heterocycles. The fourth-order valence-corrected chi connectivity index (χ4v) is 1.95. The van der Waals surface area contributed by atoms with E-state index in [2.05, 4.69) is 17.3 Å². The van der Waals surface area contributed by atoms with Gasteiger partial charge in [-0.1, -0.05) is 0 Å². The predicted molar refractivity (Wildman–Crippen MR) is 71.3 cm³/mol. The molecule has 1 N–H and O–H groups in total. The van der Waals surface area contributed by atoms with Crippen molar-refractivity contribution in [3.63, 3.8) is 0 Å². The van der Waals surface area contributed by atoms with Gasteiger partial charge in [-0.3, -0.25) is 4.90 Å². The van der Waals surface area contributed by atoms with E-state index in [4.69, 9.17) is 9.15 Å². The van der Waals surface area contributed by atoms with E-state index in [9.17, 15) is 0 Å². The summed E-state index contributed by atoms with van der Waals surface area (Å²) in [5.74, 6) is 1.88. The van der Waals surface area contributed by atoms with Crippen LogP contribution in [0.15, 0.2) is 16.7 Å². The molecule has 0 aromatic carbocycles. The minimum atomic E-state index is 0.786. The summed E-state index contributed by atoms with van der Waals surface area (Å²) in [6.45, 7) is 4.45. The molecule has 1 heterocycles. The van der Waals surface area contributed by atoms with Crippen molar-refractivity contribution in [3.8, 4) is 0 Å². The minimum Gasteiger partial charge on any atom is -0.468 e. The van der Waals surface area contributed by atoms with E-state index >= 15 is 0 Å². The Hall–Kier alpha value is -0.840. The van der Waals surface area contributed by atoms with Crippen molar-refractivity contribution < 1.29 is 9.15 Å². The second-order valence-electron chi connectivity index (χ2n) is 5.16. The predicted octanol–water partition coefficient (Wildman–Crippen LogP) is 1.86. The van der Waals surface area contributed by atoms with Gasteiger partial charge in [0.15, 0.2) is 0 Å². The Morgan fingerprint density at radius 1 is 1.50 bits per heavy atom. The van der Waals surface area contributed by atoms with Gasteiger partial charge in [0.25, 0.3) is 0 Å². The number of furan rings is 1. The minimum absolute atomic E-state index is 0.786. The normalized spacial score (nSPS) is 15.5. The van der Waals surface area contributed by atoms with Gasteiger partial charge in [-0.25, -0.2) is 0 Å². The quantitative estimate of drug-likeness (QED) is 0.681. The molecule has 0 saturated heterocycles. The van der Waals surface area contributed by atoms with Gasteiger partial charge in [0.2, 0.25) is 0 Å². The summed E-state index contributed by atoms with van der Waals surface area (Å²) in [5.41, 5.74) is 1.26. The molecule has 1 aromatic rings. The van der Waals surface area contributed by atoms with Crippen LogP contribution in [0.2, 0.25) is 0 Å². The van der Waals surface area contributed by atoms with Crippen molar-refractivity contribution in [2.24, 2.45) is 5.92 Å². The highest BCUT2D eigenvalue weighted by Crippen LogP contribution is 2.28. The van der Waals surface area contributed by atoms with Crippen molar-refractivity contribution in [1.82, 2.24) is 10.2 Å². The summed E-state index contributed by atoms with van der Waals surface area (Å²) in [5, 5.41) is 3.12. The van der Waals surface area contributed by atoms with Gasteiger partial charge >= 0.3 is 0 Å². The molecule has 18 heavy (non-hydrogen) atoms. The van der Waals surface area contributed by atoms with Crippen molar-refractivity contribution in [2.75, 3.05) is 33.9 Å². The van der Waals surface area contributed by atoms with Gasteiger partial charge < -0.3 is 14.5 Å². The first-order valence-corrected chi connectivity index (χ1v) is 6.75. The maximum absolute atomic E-state index is 5.65. The molecule has 102 valence electrons. The first kappa shape index (κ1) is 13.6. The molecule has 0 bridgehead atoms. The van der Waals surface area contributed by atoms with Gasteiger partial charge in [-0.05, 0) is 38.9 Å². The van der Waals surface area contributed by atoms with E-state index in [1.54, 1.807) is 6.26 Å². The SMILES string of the molecule is CNCc1occc1CN(C)CCOCC1CC1. The summed E-state index contributed by atoms with van der Waals surface area (Å²) in [4.78, 5) is 2.27. The van der Waals surface area contributed by atoms with E-state index < -0.39 is 0 Å². The fraction of sp³-hybridized carbons (Fsp3) is 0.714. The third-order valence-electron chi connectivity index (χ3n) is 3.28. The van der Waals surface area contributed by atoms with Crippen LogP contribution in [-0.4, -0.2) is 38.8 Å². The van der Waals surface area contributed by atoms with Gasteiger partial charge in [-0.2, -0.15) is 0 Å². The molecule has 1 aliphatic rings. The van der Waals surface area contributed by atoms with Gasteiger partial charge in [0.1, 0.15) is 5.76 Å². The number of ether oxygens (including phenoxy) is 1. The summed E-state index contributed by atoms with van der Waals surface area (Å²) < 4.78 is 11.1. The molecule has 0 radical (unpaired) electrons. The van der Waals surface area contributed by atoms with Crippen LogP contribution < -0.4 is 5.32 Å². The third-order valence-corrected chi connectivity index (χ3v) is 3.28. The van der Waals surface area contributed by atoms with Crippen LogP contribution in [0.5, 0.6) is 0 Å². The van der Waals surface area contributed by atoms with Crippen molar-refractivity contribution in [1.29, 1.82) is 0 Å². The summed E-state index contributed by atoms with van der Waals surface area (Å²) in [7, 11) is 4.05. The lowest BCUT2D eigenvalue weighted by atomic mass is 10.2. The summed E-state index contributed by atoms with van der Waals surface area (Å²) in [6, 6.07) is 2.05. The van der Waals surface area contributed by atoms with Crippen LogP contribution in [0.3, 0.4) is 0 Å². The number of hydrogen-bond acceptors (Lipinski definition) is 4. The molecule has 2 rings (SSSR count). The highest BCUT2D eigenvalue weighted by molar-refractivity contribution is 5.16. The summed E-state index contributed by atoms with van der Waals surface area (Å²) in [6.07, 6.45) is 4.48. The van der Waals surface area contributed by atoms with Crippen LogP contribution in [0.1, 0.15) is 24.2 Å². The number of rotatable bonds is 9. The van der Waals surface area contributed by atoms with E-state index in [0.717, 1.165) is 44.5 Å². The lowest BCUT2D eigenvalue weighted by molar-refractivity contribution is 0.102. The second-order valence-corrected chi connectivity index (χ2v) is 5.16. The zero-order chi connectivity index (χ0) is 12.8. The Balaban J connectivity index is 1.65. The molecule has 4 nitrogen and oxygen atoms in total. The van der Waals surface area contributed by atoms with Crippen molar-refractivity contribution in [2.45, 2.75) is 25.9 Å². The van der Waals surface area contributed by atoms with Crippen LogP contribution in [0.25, 0.3) is 0 Å². The standard InChI is InChI=1S/C14H24N2O2/c1-15-9-14-13(5-7-18-14)10-16(2)6-8-17-11-12-3-4-12/h5,7,12,15H,3-4,6,8-11H2,1-2H3. The van der Waals surface area contributed by atoms with E-state index in [0.29, 0.717) is 0 Å². The zero-order valence-electron chi connectivity index (χ0n) is 11.4. The highest BCUT2D eigenvalue weighted by Gasteiger charge is 2.21. The Bertz CT molecular complexity index is 347. The average Bonchev–Trinajstić information content (AvgIpc) is 3.08. The topological polar surface area (TPSA) is 37.6 Å². The van der Waals surface area contributed by atoms with E-state index in [1.807, 2.05) is 13.1 Å². The van der Waals surface area contributed by atoms with E-state index in [1.165, 1.54) is 18.4 Å². The van der Waals surface area contributed by atoms with Gasteiger partial charge in [0.05, 0.1) is 19.4 Å². The van der Waals surface area contributed by atoms with Crippen LogP contribution in [0.4, 0.5) is 0 Å². The molecule has 1 fully saturated rings. The number of likely N-dealkylation sites (N-methyl/N-ethyl adjacent to an activating group) is 1. The molecule has 0 atom stereocenters. The van der Waals surface area contributed by atoms with Gasteiger partial charge in [-0.15, -0.1) is 0 Å². The Labute approximate surface area is 109 Å².